The van der Waals surface area contributed by atoms with Gasteiger partial charge in [0.2, 0.25) is 17.8 Å². The molecule has 2 bridgehead atoms. The minimum atomic E-state index is -0.598. The van der Waals surface area contributed by atoms with E-state index in [2.05, 4.69) is 68.8 Å². The summed E-state index contributed by atoms with van der Waals surface area (Å²) in [4.78, 5) is 73.5. The van der Waals surface area contributed by atoms with Gasteiger partial charge in [0.05, 0.1) is 66.3 Å². The Balaban J connectivity index is 0.000000109. The molecular formula is C59H67N23O4. The van der Waals surface area contributed by atoms with Crippen LogP contribution >= 0.6 is 0 Å². The lowest BCUT2D eigenvalue weighted by Crippen LogP contribution is -2.42. The maximum atomic E-state index is 9.96. The highest BCUT2D eigenvalue weighted by molar-refractivity contribution is 6.04. The molecule has 18 rings (SSSR count). The van der Waals surface area contributed by atoms with Gasteiger partial charge in [-0.3, -0.25) is 4.99 Å². The molecule has 86 heavy (non-hydrogen) atoms. The first-order valence-electron chi connectivity index (χ1n) is 29.7. The Morgan fingerprint density at radius 1 is 0.581 bits per heavy atom. The largest absolute Gasteiger partial charge is 0.381 e. The van der Waals surface area contributed by atoms with Gasteiger partial charge in [0.25, 0.3) is 0 Å². The summed E-state index contributed by atoms with van der Waals surface area (Å²) in [6.45, 7) is 20.1. The summed E-state index contributed by atoms with van der Waals surface area (Å²) in [6.07, 6.45) is 15.8. The number of imidazole rings is 2. The number of hydrogen-bond acceptors (Lipinski definition) is 25. The molecule has 7 fully saturated rings. The Kier molecular flexibility index (Phi) is 12.6. The van der Waals surface area contributed by atoms with Crippen molar-refractivity contribution in [2.75, 3.05) is 79.7 Å². The van der Waals surface area contributed by atoms with E-state index in [0.717, 1.165) is 151 Å². The first kappa shape index (κ1) is 54.1. The van der Waals surface area contributed by atoms with Crippen molar-refractivity contribution in [3.63, 3.8) is 0 Å². The molecule has 6 N–H and O–H groups in total. The van der Waals surface area contributed by atoms with Crippen molar-refractivity contribution in [1.82, 2.24) is 78.9 Å². The number of aliphatic imine (C=N–C) groups is 1. The lowest BCUT2D eigenvalue weighted by molar-refractivity contribution is -0.0532. The standard InChI is InChI=1S/C20H24N8O2.C20H21N7O.C19H22N8O/c1-20(2)18-24-14-16(27-7-12-9-29-10-13(12)8-27)25-15(11-5-22-19(21)23-6-11)26-17(14)28(18)3-4-30-20;1-19(2)15-12(4-7-28-19)13-14(25-15)16(20(10-21)5-3-6-20)27-17(26-13)11-8-23-18(22)24-9-11;1-19(2)17-23-13-15(26(17)3-4-28-19)24-14(11-7-21-18(20)22-8-11)25-16(13)27-9-10-5-12(27)6-10/h5-6,12-13H,3-4,7-10H2,1-2H3,(H2,21,22,23);8-9,12H,3-7H2,1-2H3,(H2,22,23,24);7-8,10,12H,3-6,9H2,1-2H3,(H2,20,21,22). The highest BCUT2D eigenvalue weighted by Gasteiger charge is 2.50. The zero-order chi connectivity index (χ0) is 59.0. The van der Waals surface area contributed by atoms with Gasteiger partial charge < -0.3 is 55.1 Å². The summed E-state index contributed by atoms with van der Waals surface area (Å²) in [5.74, 6) is 7.89. The molecule has 0 aromatic carbocycles. The van der Waals surface area contributed by atoms with Crippen molar-refractivity contribution in [2.24, 2.45) is 22.7 Å². The molecule has 2 aliphatic carbocycles. The SMILES string of the molecule is CC1(C)OCCC2C1=Nc1c2nc(-c2cnc(N)nc2)nc1C1(C#N)CCC1.CC1(C)OCCn2c1nc1c(N3CC4CC3C4)nc(-c3cnc(N)nc3)nc12.CC1(C)OCCn2c1nc1c(N3CC4COCC4C3)nc(-c3cnc(N)nc3)nc12. The Labute approximate surface area is 494 Å². The second-order valence-corrected chi connectivity index (χ2v) is 25.4. The van der Waals surface area contributed by atoms with Crippen LogP contribution in [0.3, 0.4) is 0 Å². The third kappa shape index (κ3) is 9.00. The topological polar surface area (TPSA) is 348 Å². The highest BCUT2D eigenvalue weighted by Crippen LogP contribution is 2.53. The monoisotopic (exact) mass is 1160 g/mol. The smallest absolute Gasteiger partial charge is 0.219 e. The Morgan fingerprint density at radius 3 is 1.57 bits per heavy atom. The van der Waals surface area contributed by atoms with Gasteiger partial charge in [-0.1, -0.05) is 0 Å². The summed E-state index contributed by atoms with van der Waals surface area (Å²) >= 11 is 0. The van der Waals surface area contributed by atoms with E-state index in [9.17, 15) is 5.26 Å². The lowest BCUT2D eigenvalue weighted by Gasteiger charge is -2.35. The second-order valence-electron chi connectivity index (χ2n) is 25.4. The van der Waals surface area contributed by atoms with E-state index in [4.69, 9.17) is 81.0 Å². The second kappa shape index (κ2) is 20.0. The molecule has 8 aromatic heterocycles. The van der Waals surface area contributed by atoms with Crippen molar-refractivity contribution in [3.05, 3.63) is 60.2 Å². The molecular weight excluding hydrogens is 1090 g/mol. The van der Waals surface area contributed by atoms with E-state index < -0.39 is 22.2 Å². The molecule has 27 heteroatoms. The Bertz CT molecular complexity index is 4060. The van der Waals surface area contributed by atoms with Gasteiger partial charge in [0.15, 0.2) is 51.4 Å². The van der Waals surface area contributed by atoms with Crippen LogP contribution in [0.5, 0.6) is 0 Å². The van der Waals surface area contributed by atoms with E-state index in [-0.39, 0.29) is 23.8 Å². The number of nitrogen functional groups attached to an aromatic ring is 3. The number of fused-ring (bicyclic) bond motifs is 11. The molecule has 2 saturated carbocycles. The maximum Gasteiger partial charge on any atom is 0.219 e. The summed E-state index contributed by atoms with van der Waals surface area (Å²) in [5, 5.41) is 9.96. The fourth-order valence-corrected chi connectivity index (χ4v) is 13.8. The van der Waals surface area contributed by atoms with Gasteiger partial charge in [-0.15, -0.1) is 0 Å². The molecule has 442 valence electrons. The molecule has 3 unspecified atom stereocenters. The number of hydrogen-bond donors (Lipinski definition) is 3. The van der Waals surface area contributed by atoms with Crippen molar-refractivity contribution in [3.8, 4) is 40.2 Å². The van der Waals surface area contributed by atoms with Crippen LogP contribution in [-0.4, -0.2) is 149 Å². The van der Waals surface area contributed by atoms with Gasteiger partial charge in [0, 0.05) is 100 Å². The molecule has 10 aliphatic rings. The van der Waals surface area contributed by atoms with Crippen molar-refractivity contribution < 1.29 is 18.9 Å². The van der Waals surface area contributed by atoms with Crippen LogP contribution in [0.1, 0.15) is 109 Å². The molecule has 16 heterocycles. The number of anilines is 5. The van der Waals surface area contributed by atoms with Gasteiger partial charge in [0.1, 0.15) is 39.6 Å². The summed E-state index contributed by atoms with van der Waals surface area (Å²) in [6, 6.07) is 3.07. The highest BCUT2D eigenvalue weighted by atomic mass is 16.5. The van der Waals surface area contributed by atoms with Gasteiger partial charge in [-0.05, 0) is 86.0 Å². The molecule has 3 atom stereocenters. The molecule has 5 saturated heterocycles. The number of nitrogens with two attached hydrogens (primary N) is 3. The van der Waals surface area contributed by atoms with Gasteiger partial charge in [-0.2, -0.15) is 5.26 Å². The third-order valence-electron chi connectivity index (χ3n) is 18.7. The lowest BCUT2D eigenvalue weighted by atomic mass is 9.67. The number of nitriles is 1. The fourth-order valence-electron chi connectivity index (χ4n) is 13.8. The maximum absolute atomic E-state index is 9.96. The minimum Gasteiger partial charge on any atom is -0.381 e. The van der Waals surface area contributed by atoms with E-state index in [1.807, 2.05) is 27.7 Å². The average molecular weight is 1160 g/mol. The van der Waals surface area contributed by atoms with Crippen molar-refractivity contribution >= 4 is 63.2 Å². The van der Waals surface area contributed by atoms with Crippen LogP contribution in [0.15, 0.2) is 42.2 Å². The van der Waals surface area contributed by atoms with E-state index in [1.165, 1.54) is 12.8 Å². The quantitative estimate of drug-likeness (QED) is 0.178. The zero-order valence-electron chi connectivity index (χ0n) is 49.0. The van der Waals surface area contributed by atoms with Crippen LogP contribution in [0.25, 0.3) is 56.5 Å². The molecule has 27 nitrogen and oxygen atoms in total. The zero-order valence-corrected chi connectivity index (χ0v) is 49.0. The summed E-state index contributed by atoms with van der Waals surface area (Å²) in [7, 11) is 0. The van der Waals surface area contributed by atoms with E-state index >= 15 is 0 Å². The van der Waals surface area contributed by atoms with Crippen LogP contribution in [0.2, 0.25) is 0 Å². The molecule has 0 amide bonds. The van der Waals surface area contributed by atoms with Crippen molar-refractivity contribution in [1.29, 1.82) is 5.26 Å². The molecule has 0 radical (unpaired) electrons. The summed E-state index contributed by atoms with van der Waals surface area (Å²) in [5.41, 5.74) is 23.9. The summed E-state index contributed by atoms with van der Waals surface area (Å²) < 4.78 is 27.9. The third-order valence-corrected chi connectivity index (χ3v) is 18.7. The molecule has 8 aliphatic heterocycles. The van der Waals surface area contributed by atoms with Crippen LogP contribution in [0, 0.1) is 29.1 Å². The normalized spacial score (nSPS) is 24.6. The predicted octanol–water partition coefficient (Wildman–Crippen LogP) is 5.77. The van der Waals surface area contributed by atoms with Crippen LogP contribution in [-0.2, 0) is 48.7 Å². The predicted molar refractivity (Wildman–Crippen MR) is 316 cm³/mol. The Hall–Kier alpha value is -8.58. The number of rotatable bonds is 6. The number of aromatic nitrogens is 16. The van der Waals surface area contributed by atoms with Crippen LogP contribution in [0.4, 0.5) is 35.2 Å². The van der Waals surface area contributed by atoms with E-state index in [1.54, 1.807) is 37.2 Å². The van der Waals surface area contributed by atoms with Crippen molar-refractivity contribution in [2.45, 2.75) is 127 Å². The number of ether oxygens (including phenoxy) is 4. The van der Waals surface area contributed by atoms with Gasteiger partial charge in [-0.25, -0.2) is 69.8 Å². The minimum absolute atomic E-state index is 0.0877. The number of nitrogens with zero attached hydrogens (tertiary/aromatic N) is 20. The van der Waals surface area contributed by atoms with Crippen LogP contribution < -0.4 is 27.0 Å². The molecule has 8 aromatic rings. The Morgan fingerprint density at radius 2 is 1.08 bits per heavy atom. The average Bonchev–Trinajstić information content (AvgIpc) is 1.58. The first-order chi connectivity index (χ1) is 41.4. The molecule has 0 spiro atoms. The van der Waals surface area contributed by atoms with Gasteiger partial charge >= 0.3 is 0 Å². The fraction of sp³-hybridized carbons (Fsp3) is 0.525. The van der Waals surface area contributed by atoms with E-state index in [0.29, 0.717) is 67.3 Å². The first-order valence-corrected chi connectivity index (χ1v) is 29.7.